The van der Waals surface area contributed by atoms with Crippen LogP contribution in [0.1, 0.15) is 39.6 Å². The third-order valence-corrected chi connectivity index (χ3v) is 5.61. The van der Waals surface area contributed by atoms with Crippen LogP contribution in [0, 0.1) is 22.7 Å². The van der Waals surface area contributed by atoms with Gasteiger partial charge in [-0.25, -0.2) is 4.98 Å². The number of nitriles is 2. The van der Waals surface area contributed by atoms with Crippen molar-refractivity contribution in [3.63, 3.8) is 0 Å². The number of ether oxygens (including phenoxy) is 1. The molecular formula is C27H19F3N4O. The molecule has 0 aliphatic rings. The molecule has 8 heteroatoms. The molecule has 0 N–H and O–H groups in total. The van der Waals surface area contributed by atoms with Gasteiger partial charge in [-0.05, 0) is 47.0 Å². The molecule has 3 aromatic carbocycles. The lowest BCUT2D eigenvalue weighted by Crippen LogP contribution is -2.11. The number of benzene rings is 3. The second kappa shape index (κ2) is 9.84. The van der Waals surface area contributed by atoms with Gasteiger partial charge >= 0.3 is 6.18 Å². The lowest BCUT2D eigenvalue weighted by Gasteiger charge is -2.21. The average Bonchev–Trinajstić information content (AvgIpc) is 3.29. The number of hydrogen-bond acceptors (Lipinski definition) is 4. The van der Waals surface area contributed by atoms with Gasteiger partial charge in [0.15, 0.2) is 0 Å². The number of nitrogens with zero attached hydrogens (tertiary/aromatic N) is 4. The fourth-order valence-electron chi connectivity index (χ4n) is 3.84. The van der Waals surface area contributed by atoms with E-state index in [9.17, 15) is 18.4 Å². The summed E-state index contributed by atoms with van der Waals surface area (Å²) in [4.78, 5) is 4.15. The fourth-order valence-corrected chi connectivity index (χ4v) is 3.84. The molecule has 174 valence electrons. The van der Waals surface area contributed by atoms with Crippen LogP contribution in [-0.4, -0.2) is 9.55 Å². The maximum atomic E-state index is 13.7. The first-order valence-electron chi connectivity index (χ1n) is 10.6. The Morgan fingerprint density at radius 2 is 1.71 bits per heavy atom. The minimum atomic E-state index is -4.58. The molecule has 0 amide bonds. The molecular weight excluding hydrogens is 453 g/mol. The molecule has 0 saturated heterocycles. The van der Waals surface area contributed by atoms with Gasteiger partial charge in [0, 0.05) is 12.6 Å². The van der Waals surface area contributed by atoms with Crippen molar-refractivity contribution >= 4 is 0 Å². The largest absolute Gasteiger partial charge is 0.417 e. The second-order valence-electron chi connectivity index (χ2n) is 7.89. The van der Waals surface area contributed by atoms with E-state index < -0.39 is 17.8 Å². The van der Waals surface area contributed by atoms with Gasteiger partial charge in [-0.2, -0.15) is 23.7 Å². The van der Waals surface area contributed by atoms with Crippen molar-refractivity contribution in [3.8, 4) is 23.3 Å². The van der Waals surface area contributed by atoms with E-state index in [-0.39, 0.29) is 23.3 Å². The van der Waals surface area contributed by atoms with Gasteiger partial charge in [0.1, 0.15) is 6.10 Å². The molecule has 35 heavy (non-hydrogen) atoms. The predicted octanol–water partition coefficient (Wildman–Crippen LogP) is 6.16. The molecule has 1 aromatic heterocycles. The molecule has 4 aromatic rings. The third-order valence-electron chi connectivity index (χ3n) is 5.61. The van der Waals surface area contributed by atoms with Crippen molar-refractivity contribution in [1.82, 2.24) is 9.55 Å². The van der Waals surface area contributed by atoms with E-state index in [0.29, 0.717) is 16.8 Å². The Bertz CT molecular complexity index is 1430. The quantitative estimate of drug-likeness (QED) is 0.337. The topological polar surface area (TPSA) is 74.6 Å². The van der Waals surface area contributed by atoms with Crippen LogP contribution < -0.4 is 0 Å². The van der Waals surface area contributed by atoms with Crippen molar-refractivity contribution in [2.75, 3.05) is 0 Å². The molecule has 0 saturated carbocycles. The molecule has 4 rings (SSSR count). The van der Waals surface area contributed by atoms with E-state index in [1.54, 1.807) is 60.5 Å². The molecule has 0 aliphatic heterocycles. The highest BCUT2D eigenvalue weighted by Gasteiger charge is 2.34. The van der Waals surface area contributed by atoms with Gasteiger partial charge in [-0.1, -0.05) is 36.4 Å². The van der Waals surface area contributed by atoms with E-state index in [0.717, 1.165) is 11.6 Å². The minimum absolute atomic E-state index is 0.0748. The second-order valence-corrected chi connectivity index (χ2v) is 7.89. The molecule has 0 spiro atoms. The van der Waals surface area contributed by atoms with Crippen LogP contribution >= 0.6 is 0 Å². The van der Waals surface area contributed by atoms with Crippen LogP contribution in [0.25, 0.3) is 11.1 Å². The fraction of sp³-hybridized carbons (Fsp3) is 0.148. The molecule has 5 nitrogen and oxygen atoms in total. The molecule has 0 bridgehead atoms. The lowest BCUT2D eigenvalue weighted by molar-refractivity contribution is -0.137. The molecule has 1 heterocycles. The average molecular weight is 472 g/mol. The molecule has 0 radical (unpaired) electrons. The highest BCUT2D eigenvalue weighted by molar-refractivity contribution is 5.74. The Morgan fingerprint density at radius 3 is 2.34 bits per heavy atom. The molecule has 0 fully saturated rings. The summed E-state index contributed by atoms with van der Waals surface area (Å²) in [6.07, 6.45) is -2.00. The van der Waals surface area contributed by atoms with Crippen molar-refractivity contribution in [2.45, 2.75) is 18.9 Å². The molecule has 0 aliphatic carbocycles. The molecule has 1 unspecified atom stereocenters. The Kier molecular flexibility index (Phi) is 6.68. The van der Waals surface area contributed by atoms with Crippen LogP contribution in [-0.2, 0) is 24.6 Å². The van der Waals surface area contributed by atoms with Crippen LogP contribution in [0.3, 0.4) is 0 Å². The highest BCUT2D eigenvalue weighted by Crippen LogP contribution is 2.39. The predicted molar refractivity (Wildman–Crippen MR) is 123 cm³/mol. The monoisotopic (exact) mass is 472 g/mol. The van der Waals surface area contributed by atoms with Crippen LogP contribution in [0.5, 0.6) is 0 Å². The lowest BCUT2D eigenvalue weighted by atomic mass is 9.92. The summed E-state index contributed by atoms with van der Waals surface area (Å²) in [7, 11) is 1.80. The first-order chi connectivity index (χ1) is 16.8. The van der Waals surface area contributed by atoms with Crippen LogP contribution in [0.4, 0.5) is 13.2 Å². The highest BCUT2D eigenvalue weighted by atomic mass is 19.4. The summed E-state index contributed by atoms with van der Waals surface area (Å²) in [6.45, 7) is 0.191. The summed E-state index contributed by atoms with van der Waals surface area (Å²) in [5.74, 6) is 0. The number of hydrogen-bond donors (Lipinski definition) is 0. The van der Waals surface area contributed by atoms with Crippen LogP contribution in [0.15, 0.2) is 79.3 Å². The normalized spacial score (nSPS) is 12.1. The minimum Gasteiger partial charge on any atom is -0.363 e. The van der Waals surface area contributed by atoms with E-state index in [4.69, 9.17) is 10.00 Å². The van der Waals surface area contributed by atoms with Crippen LogP contribution in [0.2, 0.25) is 0 Å². The summed E-state index contributed by atoms with van der Waals surface area (Å²) in [6, 6.07) is 20.9. The first-order valence-corrected chi connectivity index (χ1v) is 10.6. The van der Waals surface area contributed by atoms with E-state index in [2.05, 4.69) is 11.1 Å². The Labute approximate surface area is 200 Å². The van der Waals surface area contributed by atoms with Crippen molar-refractivity contribution in [1.29, 1.82) is 10.5 Å². The standard InChI is InChI=1S/C27H19F3N4O/c1-34-17-33-15-25(34)26(35-16-19-8-6-18(13-31)7-9-19)20-10-11-21(14-32)23(12-20)22-4-2-3-5-24(22)27(28,29)30/h2-12,15,17,26H,16H2,1H3. The van der Waals surface area contributed by atoms with Crippen molar-refractivity contribution < 1.29 is 17.9 Å². The maximum absolute atomic E-state index is 13.7. The van der Waals surface area contributed by atoms with Gasteiger partial charge in [-0.15, -0.1) is 0 Å². The number of rotatable bonds is 6. The Hall–Kier alpha value is -4.40. The Morgan fingerprint density at radius 1 is 0.971 bits per heavy atom. The van der Waals surface area contributed by atoms with Gasteiger partial charge in [0.25, 0.3) is 0 Å². The van der Waals surface area contributed by atoms with E-state index in [1.165, 1.54) is 24.3 Å². The van der Waals surface area contributed by atoms with Crippen molar-refractivity contribution in [2.24, 2.45) is 7.05 Å². The van der Waals surface area contributed by atoms with E-state index >= 15 is 0 Å². The van der Waals surface area contributed by atoms with E-state index in [1.807, 2.05) is 6.07 Å². The number of imidazole rings is 1. The Balaban J connectivity index is 1.78. The SMILES string of the molecule is Cn1cncc1C(OCc1ccc(C#N)cc1)c1ccc(C#N)c(-c2ccccc2C(F)(F)F)c1. The first kappa shape index (κ1) is 23.7. The van der Waals surface area contributed by atoms with Gasteiger partial charge < -0.3 is 9.30 Å². The zero-order valence-corrected chi connectivity index (χ0v) is 18.6. The zero-order chi connectivity index (χ0) is 25.0. The molecule has 1 atom stereocenters. The van der Waals surface area contributed by atoms with Gasteiger partial charge in [-0.3, -0.25) is 0 Å². The summed E-state index contributed by atoms with van der Waals surface area (Å²) in [5, 5.41) is 18.6. The summed E-state index contributed by atoms with van der Waals surface area (Å²) >= 11 is 0. The smallest absolute Gasteiger partial charge is 0.363 e. The van der Waals surface area contributed by atoms with Gasteiger partial charge in [0.2, 0.25) is 0 Å². The number of alkyl halides is 3. The third kappa shape index (κ3) is 5.08. The number of aryl methyl sites for hydroxylation is 1. The summed E-state index contributed by atoms with van der Waals surface area (Å²) < 4.78 is 49.2. The van der Waals surface area contributed by atoms with Crippen molar-refractivity contribution in [3.05, 3.63) is 113 Å². The zero-order valence-electron chi connectivity index (χ0n) is 18.6. The maximum Gasteiger partial charge on any atom is 0.417 e. The number of halogens is 3. The van der Waals surface area contributed by atoms with Gasteiger partial charge in [0.05, 0.1) is 53.7 Å². The number of aromatic nitrogens is 2. The summed E-state index contributed by atoms with van der Waals surface area (Å²) in [5.41, 5.74) is 2.03.